The first-order valence-corrected chi connectivity index (χ1v) is 8.78. The second kappa shape index (κ2) is 7.77. The van der Waals surface area contributed by atoms with Crippen molar-refractivity contribution in [1.29, 1.82) is 0 Å². The lowest BCUT2D eigenvalue weighted by atomic mass is 10.0. The van der Waals surface area contributed by atoms with Crippen LogP contribution in [0.4, 0.5) is 0 Å². The smallest absolute Gasteiger partial charge is 0.354 e. The number of carbonyl (C=O) groups excluding carboxylic acids is 2. The van der Waals surface area contributed by atoms with Gasteiger partial charge in [0.1, 0.15) is 5.70 Å². The average Bonchev–Trinajstić information content (AvgIpc) is 3.14. The second-order valence-electron chi connectivity index (χ2n) is 5.27. The molecule has 3 aromatic rings. The van der Waals surface area contributed by atoms with Gasteiger partial charge in [-0.3, -0.25) is 4.79 Å². The van der Waals surface area contributed by atoms with Crippen molar-refractivity contribution in [2.75, 3.05) is 6.61 Å². The molecule has 3 rings (SSSR count). The summed E-state index contributed by atoms with van der Waals surface area (Å²) in [5.41, 5.74) is 0.640. The first kappa shape index (κ1) is 16.9. The number of ether oxygens (including phenoxy) is 1. The monoisotopic (exact) mass is 351 g/mol. The first-order chi connectivity index (χ1) is 12.2. The van der Waals surface area contributed by atoms with Gasteiger partial charge < -0.3 is 10.1 Å². The molecule has 0 aliphatic heterocycles. The fourth-order valence-electron chi connectivity index (χ4n) is 2.48. The topological polar surface area (TPSA) is 55.4 Å². The normalized spacial score (nSPS) is 11.3. The third kappa shape index (κ3) is 3.95. The van der Waals surface area contributed by atoms with Gasteiger partial charge in [0.05, 0.1) is 6.61 Å². The molecule has 0 saturated heterocycles. The third-order valence-corrected chi connectivity index (χ3v) is 4.43. The van der Waals surface area contributed by atoms with Crippen LogP contribution in [-0.2, 0) is 9.53 Å². The Morgan fingerprint density at radius 1 is 1.08 bits per heavy atom. The fraction of sp³-hybridized carbons (Fsp3) is 0.100. The highest BCUT2D eigenvalue weighted by molar-refractivity contribution is 7.10. The maximum atomic E-state index is 12.7. The van der Waals surface area contributed by atoms with Crippen LogP contribution in [0.2, 0.25) is 0 Å². The van der Waals surface area contributed by atoms with E-state index in [1.165, 1.54) is 11.3 Å². The van der Waals surface area contributed by atoms with E-state index >= 15 is 0 Å². The lowest BCUT2D eigenvalue weighted by molar-refractivity contribution is -0.138. The van der Waals surface area contributed by atoms with Gasteiger partial charge in [-0.05, 0) is 41.3 Å². The highest BCUT2D eigenvalue weighted by Crippen LogP contribution is 2.19. The van der Waals surface area contributed by atoms with Gasteiger partial charge in [-0.1, -0.05) is 42.5 Å². The summed E-state index contributed by atoms with van der Waals surface area (Å²) in [4.78, 5) is 25.8. The van der Waals surface area contributed by atoms with Crippen molar-refractivity contribution in [2.24, 2.45) is 0 Å². The number of amides is 1. The van der Waals surface area contributed by atoms with Gasteiger partial charge in [0.2, 0.25) is 0 Å². The minimum atomic E-state index is -0.551. The Balaban J connectivity index is 1.93. The lowest BCUT2D eigenvalue weighted by Crippen LogP contribution is -2.28. The molecule has 2 aromatic carbocycles. The third-order valence-electron chi connectivity index (χ3n) is 3.61. The van der Waals surface area contributed by atoms with Crippen molar-refractivity contribution < 1.29 is 14.3 Å². The molecule has 126 valence electrons. The summed E-state index contributed by atoms with van der Waals surface area (Å²) in [7, 11) is 0. The van der Waals surface area contributed by atoms with E-state index in [9.17, 15) is 9.59 Å². The summed E-state index contributed by atoms with van der Waals surface area (Å²) >= 11 is 1.48. The van der Waals surface area contributed by atoms with Crippen molar-refractivity contribution in [3.8, 4) is 0 Å². The molecule has 0 spiro atoms. The molecule has 0 radical (unpaired) electrons. The predicted octanol–water partition coefficient (Wildman–Crippen LogP) is 4.24. The van der Waals surface area contributed by atoms with Gasteiger partial charge in [0.25, 0.3) is 5.91 Å². The summed E-state index contributed by atoms with van der Waals surface area (Å²) in [6, 6.07) is 16.9. The zero-order valence-electron chi connectivity index (χ0n) is 13.7. The van der Waals surface area contributed by atoms with Crippen LogP contribution in [0.1, 0.15) is 22.2 Å². The number of thiophene rings is 1. The second-order valence-corrected chi connectivity index (χ2v) is 6.25. The Kier molecular flexibility index (Phi) is 5.26. The van der Waals surface area contributed by atoms with Crippen LogP contribution in [-0.4, -0.2) is 18.5 Å². The van der Waals surface area contributed by atoms with Crippen LogP contribution < -0.4 is 5.32 Å². The van der Waals surface area contributed by atoms with Crippen LogP contribution in [0, 0.1) is 0 Å². The highest BCUT2D eigenvalue weighted by atomic mass is 32.1. The largest absolute Gasteiger partial charge is 0.461 e. The summed E-state index contributed by atoms with van der Waals surface area (Å²) in [5, 5.41) is 6.41. The van der Waals surface area contributed by atoms with E-state index < -0.39 is 5.97 Å². The quantitative estimate of drug-likeness (QED) is 0.553. The van der Waals surface area contributed by atoms with Gasteiger partial charge in [-0.15, -0.1) is 11.3 Å². The number of rotatable bonds is 5. The van der Waals surface area contributed by atoms with Crippen LogP contribution in [0.3, 0.4) is 0 Å². The zero-order valence-corrected chi connectivity index (χ0v) is 14.5. The minimum absolute atomic E-state index is 0.127. The van der Waals surface area contributed by atoms with Crippen molar-refractivity contribution in [3.63, 3.8) is 0 Å². The van der Waals surface area contributed by atoms with E-state index in [0.29, 0.717) is 5.56 Å². The molecule has 1 amide bonds. The molecule has 1 aromatic heterocycles. The van der Waals surface area contributed by atoms with E-state index in [4.69, 9.17) is 4.74 Å². The number of carbonyl (C=O) groups is 2. The highest BCUT2D eigenvalue weighted by Gasteiger charge is 2.17. The summed E-state index contributed by atoms with van der Waals surface area (Å²) in [6.45, 7) is 1.97. The molecule has 0 bridgehead atoms. The summed E-state index contributed by atoms with van der Waals surface area (Å²) < 4.78 is 5.06. The molecule has 0 aliphatic rings. The van der Waals surface area contributed by atoms with Gasteiger partial charge in [0, 0.05) is 10.4 Å². The summed E-state index contributed by atoms with van der Waals surface area (Å²) in [5.74, 6) is -0.892. The molecule has 0 fully saturated rings. The molecule has 0 atom stereocenters. The number of esters is 1. The molecule has 0 saturated carbocycles. The molecular weight excluding hydrogens is 334 g/mol. The molecule has 1 N–H and O–H groups in total. The fourth-order valence-corrected chi connectivity index (χ4v) is 3.14. The van der Waals surface area contributed by atoms with Crippen LogP contribution in [0.25, 0.3) is 16.8 Å². The predicted molar refractivity (Wildman–Crippen MR) is 100 cm³/mol. The molecule has 0 aliphatic carbocycles. The van der Waals surface area contributed by atoms with Crippen LogP contribution in [0.5, 0.6) is 0 Å². The maximum Gasteiger partial charge on any atom is 0.354 e. The number of hydrogen-bond acceptors (Lipinski definition) is 4. The molecule has 25 heavy (non-hydrogen) atoms. The van der Waals surface area contributed by atoms with Gasteiger partial charge in [-0.2, -0.15) is 0 Å². The molecular formula is C20H17NO3S. The summed E-state index contributed by atoms with van der Waals surface area (Å²) in [6.07, 6.45) is 1.63. The van der Waals surface area contributed by atoms with Crippen molar-refractivity contribution >= 4 is 40.1 Å². The van der Waals surface area contributed by atoms with Gasteiger partial charge >= 0.3 is 5.97 Å². The van der Waals surface area contributed by atoms with Crippen LogP contribution >= 0.6 is 11.3 Å². The first-order valence-electron chi connectivity index (χ1n) is 7.90. The Morgan fingerprint density at radius 3 is 2.64 bits per heavy atom. The number of benzene rings is 2. The van der Waals surface area contributed by atoms with E-state index in [-0.39, 0.29) is 18.2 Å². The SMILES string of the molecule is CCOC(=O)/C(=C\c1cccs1)NC(=O)c1cccc2ccccc12. The van der Waals surface area contributed by atoms with Crippen molar-refractivity contribution in [3.05, 3.63) is 76.1 Å². The minimum Gasteiger partial charge on any atom is -0.461 e. The molecule has 1 heterocycles. The average molecular weight is 351 g/mol. The lowest BCUT2D eigenvalue weighted by Gasteiger charge is -2.10. The van der Waals surface area contributed by atoms with Gasteiger partial charge in [-0.25, -0.2) is 4.79 Å². The number of nitrogens with one attached hydrogen (secondary N) is 1. The van der Waals surface area contributed by atoms with E-state index in [2.05, 4.69) is 5.32 Å². The maximum absolute atomic E-state index is 12.7. The standard InChI is InChI=1S/C20H17NO3S/c1-2-24-20(23)18(13-15-9-6-12-25-15)21-19(22)17-11-5-8-14-7-3-4-10-16(14)17/h3-13H,2H2,1H3,(H,21,22)/b18-13+. The molecule has 4 nitrogen and oxygen atoms in total. The van der Waals surface area contributed by atoms with Crippen molar-refractivity contribution in [1.82, 2.24) is 5.32 Å². The van der Waals surface area contributed by atoms with E-state index in [1.807, 2.05) is 53.9 Å². The molecule has 5 heteroatoms. The van der Waals surface area contributed by atoms with Crippen molar-refractivity contribution in [2.45, 2.75) is 6.92 Å². The van der Waals surface area contributed by atoms with Crippen LogP contribution in [0.15, 0.2) is 65.7 Å². The molecule has 0 unspecified atom stereocenters. The van der Waals surface area contributed by atoms with E-state index in [0.717, 1.165) is 15.6 Å². The Bertz CT molecular complexity index is 924. The number of hydrogen-bond donors (Lipinski definition) is 1. The Hall–Kier alpha value is -2.92. The number of fused-ring (bicyclic) bond motifs is 1. The zero-order chi connectivity index (χ0) is 17.6. The Labute approximate surface area is 149 Å². The van der Waals surface area contributed by atoms with Gasteiger partial charge in [0.15, 0.2) is 0 Å². The van der Waals surface area contributed by atoms with E-state index in [1.54, 1.807) is 19.1 Å². The Morgan fingerprint density at radius 2 is 1.88 bits per heavy atom.